The maximum atomic E-state index is 11.8. The van der Waals surface area contributed by atoms with Crippen molar-refractivity contribution in [3.8, 4) is 0 Å². The Hall–Kier alpha value is -1.55. The maximum Gasteiger partial charge on any atom is 0.251 e. The summed E-state index contributed by atoms with van der Waals surface area (Å²) in [5.74, 6) is -0.0372. The number of unbranched alkanes of at least 4 members (excludes halogenated alkanes) is 2. The lowest BCUT2D eigenvalue weighted by Gasteiger charge is -2.07. The zero-order valence-electron chi connectivity index (χ0n) is 11.2. The van der Waals surface area contributed by atoms with E-state index in [0.29, 0.717) is 17.8 Å². The van der Waals surface area contributed by atoms with Crippen molar-refractivity contribution in [1.82, 2.24) is 5.32 Å². The van der Waals surface area contributed by atoms with Gasteiger partial charge in [-0.1, -0.05) is 0 Å². The molecule has 0 atom stereocenters. The first-order chi connectivity index (χ1) is 8.65. The molecule has 4 heteroatoms. The smallest absolute Gasteiger partial charge is 0.251 e. The molecule has 0 aliphatic carbocycles. The zero-order chi connectivity index (χ0) is 13.4. The number of methoxy groups -OCH3 is 1. The Morgan fingerprint density at radius 3 is 2.78 bits per heavy atom. The van der Waals surface area contributed by atoms with Gasteiger partial charge in [0.25, 0.3) is 5.91 Å². The number of nitrogen functional groups attached to an aromatic ring is 1. The van der Waals surface area contributed by atoms with E-state index in [1.54, 1.807) is 19.2 Å². The summed E-state index contributed by atoms with van der Waals surface area (Å²) in [4.78, 5) is 11.8. The summed E-state index contributed by atoms with van der Waals surface area (Å²) >= 11 is 0. The summed E-state index contributed by atoms with van der Waals surface area (Å²) in [5.41, 5.74) is 8.03. The normalized spacial score (nSPS) is 10.3. The van der Waals surface area contributed by atoms with E-state index in [9.17, 15) is 4.79 Å². The fourth-order valence-corrected chi connectivity index (χ4v) is 1.67. The number of hydrogen-bond donors (Lipinski definition) is 2. The molecule has 0 radical (unpaired) electrons. The van der Waals surface area contributed by atoms with Crippen LogP contribution in [0.4, 0.5) is 5.69 Å². The highest BCUT2D eigenvalue weighted by Crippen LogP contribution is 2.12. The molecule has 1 aromatic rings. The van der Waals surface area contributed by atoms with E-state index in [1.807, 2.05) is 13.0 Å². The van der Waals surface area contributed by atoms with Crippen molar-refractivity contribution < 1.29 is 9.53 Å². The van der Waals surface area contributed by atoms with Gasteiger partial charge in [-0.25, -0.2) is 0 Å². The summed E-state index contributed by atoms with van der Waals surface area (Å²) in [6.07, 6.45) is 3.07. The molecular weight excluding hydrogens is 228 g/mol. The van der Waals surface area contributed by atoms with Gasteiger partial charge in [-0.05, 0) is 49.9 Å². The molecule has 3 N–H and O–H groups in total. The molecule has 0 fully saturated rings. The van der Waals surface area contributed by atoms with Gasteiger partial charge in [0.15, 0.2) is 0 Å². The second-order valence-corrected chi connectivity index (χ2v) is 4.38. The zero-order valence-corrected chi connectivity index (χ0v) is 11.2. The Labute approximate surface area is 109 Å². The molecule has 4 nitrogen and oxygen atoms in total. The second-order valence-electron chi connectivity index (χ2n) is 4.38. The van der Waals surface area contributed by atoms with Crippen molar-refractivity contribution in [2.75, 3.05) is 26.0 Å². The number of aryl methyl sites for hydroxylation is 1. The van der Waals surface area contributed by atoms with Gasteiger partial charge in [0.05, 0.1) is 0 Å². The van der Waals surface area contributed by atoms with Crippen LogP contribution in [0.5, 0.6) is 0 Å². The largest absolute Gasteiger partial charge is 0.399 e. The predicted octanol–water partition coefficient (Wildman–Crippen LogP) is 2.12. The number of amides is 1. The SMILES string of the molecule is COCCCCCNC(=O)c1ccc(N)c(C)c1. The van der Waals surface area contributed by atoms with Crippen LogP contribution in [0.3, 0.4) is 0 Å². The monoisotopic (exact) mass is 250 g/mol. The predicted molar refractivity (Wildman–Crippen MR) is 73.7 cm³/mol. The molecule has 0 aliphatic rings. The highest BCUT2D eigenvalue weighted by Gasteiger charge is 2.05. The summed E-state index contributed by atoms with van der Waals surface area (Å²) in [5, 5.41) is 2.90. The fraction of sp³-hybridized carbons (Fsp3) is 0.500. The van der Waals surface area contributed by atoms with Gasteiger partial charge in [0.1, 0.15) is 0 Å². The quantitative estimate of drug-likeness (QED) is 0.575. The van der Waals surface area contributed by atoms with Crippen LogP contribution < -0.4 is 11.1 Å². The molecule has 0 unspecified atom stereocenters. The standard InChI is InChI=1S/C14H22N2O2/c1-11-10-12(6-7-13(11)15)14(17)16-8-4-3-5-9-18-2/h6-7,10H,3-5,8-9,15H2,1-2H3,(H,16,17). The van der Waals surface area contributed by atoms with Gasteiger partial charge in [0, 0.05) is 31.5 Å². The molecule has 1 rings (SSSR count). The number of nitrogens with two attached hydrogens (primary N) is 1. The number of rotatable bonds is 7. The number of benzene rings is 1. The van der Waals surface area contributed by atoms with Crippen molar-refractivity contribution in [2.24, 2.45) is 0 Å². The molecule has 0 aromatic heterocycles. The van der Waals surface area contributed by atoms with Crippen molar-refractivity contribution in [1.29, 1.82) is 0 Å². The lowest BCUT2D eigenvalue weighted by molar-refractivity contribution is 0.0952. The van der Waals surface area contributed by atoms with Crippen LogP contribution in [0.25, 0.3) is 0 Å². The van der Waals surface area contributed by atoms with Gasteiger partial charge < -0.3 is 15.8 Å². The van der Waals surface area contributed by atoms with Crippen molar-refractivity contribution in [2.45, 2.75) is 26.2 Å². The van der Waals surface area contributed by atoms with Crippen LogP contribution >= 0.6 is 0 Å². The highest BCUT2D eigenvalue weighted by atomic mass is 16.5. The van der Waals surface area contributed by atoms with Gasteiger partial charge in [-0.3, -0.25) is 4.79 Å². The molecule has 1 aromatic carbocycles. The van der Waals surface area contributed by atoms with E-state index in [1.165, 1.54) is 0 Å². The molecule has 18 heavy (non-hydrogen) atoms. The van der Waals surface area contributed by atoms with E-state index in [-0.39, 0.29) is 5.91 Å². The number of ether oxygens (including phenoxy) is 1. The van der Waals surface area contributed by atoms with Crippen LogP contribution in [0, 0.1) is 6.92 Å². The molecule has 1 amide bonds. The van der Waals surface area contributed by atoms with E-state index in [4.69, 9.17) is 10.5 Å². The number of hydrogen-bond acceptors (Lipinski definition) is 3. The van der Waals surface area contributed by atoms with Gasteiger partial charge in [-0.15, -0.1) is 0 Å². The van der Waals surface area contributed by atoms with Gasteiger partial charge in [0.2, 0.25) is 0 Å². The van der Waals surface area contributed by atoms with E-state index in [0.717, 1.165) is 31.4 Å². The van der Waals surface area contributed by atoms with Crippen LogP contribution in [0.2, 0.25) is 0 Å². The lowest BCUT2D eigenvalue weighted by atomic mass is 10.1. The second kappa shape index (κ2) is 7.71. The minimum absolute atomic E-state index is 0.0372. The summed E-state index contributed by atoms with van der Waals surface area (Å²) in [6.45, 7) is 3.38. The van der Waals surface area contributed by atoms with Gasteiger partial charge in [-0.2, -0.15) is 0 Å². The number of anilines is 1. The molecule has 100 valence electrons. The number of carbonyl (C=O) groups excluding carboxylic acids is 1. The maximum absolute atomic E-state index is 11.8. The topological polar surface area (TPSA) is 64.3 Å². The first-order valence-corrected chi connectivity index (χ1v) is 6.28. The Bertz CT molecular complexity index is 391. The van der Waals surface area contributed by atoms with E-state index >= 15 is 0 Å². The number of nitrogens with one attached hydrogen (secondary N) is 1. The molecule has 0 bridgehead atoms. The Morgan fingerprint density at radius 2 is 2.11 bits per heavy atom. The summed E-state index contributed by atoms with van der Waals surface area (Å²) in [6, 6.07) is 5.33. The molecule has 0 aliphatic heterocycles. The third kappa shape index (κ3) is 4.75. The molecular formula is C14H22N2O2. The minimum atomic E-state index is -0.0372. The highest BCUT2D eigenvalue weighted by molar-refractivity contribution is 5.94. The molecule has 0 saturated heterocycles. The Morgan fingerprint density at radius 1 is 1.33 bits per heavy atom. The first kappa shape index (κ1) is 14.5. The van der Waals surface area contributed by atoms with E-state index < -0.39 is 0 Å². The lowest BCUT2D eigenvalue weighted by Crippen LogP contribution is -2.24. The van der Waals surface area contributed by atoms with Crippen LogP contribution in [-0.2, 0) is 4.74 Å². The third-order valence-corrected chi connectivity index (χ3v) is 2.84. The first-order valence-electron chi connectivity index (χ1n) is 6.28. The average Bonchev–Trinajstić information content (AvgIpc) is 2.36. The summed E-state index contributed by atoms with van der Waals surface area (Å²) in [7, 11) is 1.70. The van der Waals surface area contributed by atoms with E-state index in [2.05, 4.69) is 5.32 Å². The minimum Gasteiger partial charge on any atom is -0.399 e. The number of carbonyl (C=O) groups is 1. The molecule has 0 saturated carbocycles. The Kier molecular flexibility index (Phi) is 6.22. The van der Waals surface area contributed by atoms with Crippen molar-refractivity contribution in [3.05, 3.63) is 29.3 Å². The van der Waals surface area contributed by atoms with Crippen LogP contribution in [0.1, 0.15) is 35.2 Å². The third-order valence-electron chi connectivity index (χ3n) is 2.84. The Balaban J connectivity index is 2.30. The fourth-order valence-electron chi connectivity index (χ4n) is 1.67. The van der Waals surface area contributed by atoms with Gasteiger partial charge >= 0.3 is 0 Å². The molecule has 0 heterocycles. The van der Waals surface area contributed by atoms with Crippen LogP contribution in [-0.4, -0.2) is 26.2 Å². The summed E-state index contributed by atoms with van der Waals surface area (Å²) < 4.78 is 4.96. The van der Waals surface area contributed by atoms with Crippen molar-refractivity contribution >= 4 is 11.6 Å². The molecule has 0 spiro atoms. The average molecular weight is 250 g/mol. The van der Waals surface area contributed by atoms with Crippen LogP contribution in [0.15, 0.2) is 18.2 Å². The van der Waals surface area contributed by atoms with Crippen molar-refractivity contribution in [3.63, 3.8) is 0 Å².